The summed E-state index contributed by atoms with van der Waals surface area (Å²) in [6, 6.07) is 5.56. The zero-order valence-corrected chi connectivity index (χ0v) is 14.7. The molecule has 2 aliphatic heterocycles. The van der Waals surface area contributed by atoms with Crippen molar-refractivity contribution in [1.29, 1.82) is 0 Å². The first-order chi connectivity index (χ1) is 11.9. The maximum Gasteiger partial charge on any atom is 0.254 e. The molecule has 2 amide bonds. The normalized spacial score (nSPS) is 23.3. The van der Waals surface area contributed by atoms with Gasteiger partial charge < -0.3 is 9.80 Å². The van der Waals surface area contributed by atoms with E-state index in [-0.39, 0.29) is 23.3 Å². The molecule has 0 spiro atoms. The Kier molecular flexibility index (Phi) is 5.08. The van der Waals surface area contributed by atoms with Crippen LogP contribution in [-0.2, 0) is 14.6 Å². The molecule has 2 fully saturated rings. The topological polar surface area (TPSA) is 74.8 Å². The van der Waals surface area contributed by atoms with Crippen LogP contribution in [0.15, 0.2) is 24.3 Å². The van der Waals surface area contributed by atoms with Crippen molar-refractivity contribution < 1.29 is 22.4 Å². The van der Waals surface area contributed by atoms with Gasteiger partial charge in [0.15, 0.2) is 9.84 Å². The standard InChI is InChI=1S/C17H21FN2O4S/c18-15-4-1-3-13(11-15)16(21)19-6-2-7-20(9-8-19)17(22)14-5-10-25(23,24)12-14/h1,3-4,11,14H,2,5-10,12H2/t14-/m0/s1. The number of hydrogen-bond donors (Lipinski definition) is 0. The van der Waals surface area contributed by atoms with Gasteiger partial charge in [-0.3, -0.25) is 9.59 Å². The minimum absolute atomic E-state index is 0.0709. The van der Waals surface area contributed by atoms with Crippen LogP contribution in [0.2, 0.25) is 0 Å². The lowest BCUT2D eigenvalue weighted by atomic mass is 10.1. The average Bonchev–Trinajstić information content (AvgIpc) is 2.80. The Morgan fingerprint density at radius 3 is 2.48 bits per heavy atom. The van der Waals surface area contributed by atoms with E-state index in [1.165, 1.54) is 18.2 Å². The average molecular weight is 368 g/mol. The van der Waals surface area contributed by atoms with E-state index < -0.39 is 21.6 Å². The molecule has 2 saturated heterocycles. The third-order valence-corrected chi connectivity index (χ3v) is 6.52. The molecule has 6 nitrogen and oxygen atoms in total. The summed E-state index contributed by atoms with van der Waals surface area (Å²) in [5.74, 6) is -1.32. The van der Waals surface area contributed by atoms with Crippen LogP contribution in [0.1, 0.15) is 23.2 Å². The first kappa shape index (κ1) is 17.8. The van der Waals surface area contributed by atoms with Crippen LogP contribution >= 0.6 is 0 Å². The summed E-state index contributed by atoms with van der Waals surface area (Å²) < 4.78 is 36.4. The van der Waals surface area contributed by atoms with Gasteiger partial charge in [0, 0.05) is 31.7 Å². The van der Waals surface area contributed by atoms with E-state index in [1.807, 2.05) is 0 Å². The van der Waals surface area contributed by atoms with Crippen molar-refractivity contribution in [3.63, 3.8) is 0 Å². The van der Waals surface area contributed by atoms with Crippen molar-refractivity contribution in [2.75, 3.05) is 37.7 Å². The Hall–Kier alpha value is -1.96. The van der Waals surface area contributed by atoms with Crippen LogP contribution in [0.5, 0.6) is 0 Å². The minimum atomic E-state index is -3.10. The molecule has 0 aromatic heterocycles. The molecule has 0 unspecified atom stereocenters. The fourth-order valence-corrected chi connectivity index (χ4v) is 5.13. The van der Waals surface area contributed by atoms with Crippen LogP contribution < -0.4 is 0 Å². The second kappa shape index (κ2) is 7.11. The first-order valence-electron chi connectivity index (χ1n) is 8.40. The first-order valence-corrected chi connectivity index (χ1v) is 10.2. The molecule has 1 aromatic carbocycles. The molecule has 2 heterocycles. The smallest absolute Gasteiger partial charge is 0.254 e. The molecule has 0 bridgehead atoms. The third kappa shape index (κ3) is 4.18. The summed E-state index contributed by atoms with van der Waals surface area (Å²) in [4.78, 5) is 28.3. The van der Waals surface area contributed by atoms with Crippen molar-refractivity contribution in [1.82, 2.24) is 9.80 Å². The number of carbonyl (C=O) groups is 2. The molecular weight excluding hydrogens is 347 g/mol. The predicted octanol–water partition coefficient (Wildman–Crippen LogP) is 0.935. The van der Waals surface area contributed by atoms with Crippen LogP contribution in [0.3, 0.4) is 0 Å². The second-order valence-corrected chi connectivity index (χ2v) is 8.81. The van der Waals surface area contributed by atoms with Gasteiger partial charge in [0.1, 0.15) is 5.82 Å². The van der Waals surface area contributed by atoms with E-state index in [9.17, 15) is 22.4 Å². The molecule has 25 heavy (non-hydrogen) atoms. The molecule has 0 radical (unpaired) electrons. The van der Waals surface area contributed by atoms with Crippen LogP contribution in [0, 0.1) is 11.7 Å². The highest BCUT2D eigenvalue weighted by Gasteiger charge is 2.36. The lowest BCUT2D eigenvalue weighted by Gasteiger charge is -2.24. The van der Waals surface area contributed by atoms with Gasteiger partial charge in [0.05, 0.1) is 17.4 Å². The fourth-order valence-electron chi connectivity index (χ4n) is 3.39. The molecule has 3 rings (SSSR count). The van der Waals surface area contributed by atoms with E-state index in [4.69, 9.17) is 0 Å². The van der Waals surface area contributed by atoms with Crippen molar-refractivity contribution in [3.05, 3.63) is 35.6 Å². The molecule has 2 aliphatic rings. The second-order valence-electron chi connectivity index (χ2n) is 6.58. The highest BCUT2D eigenvalue weighted by atomic mass is 32.2. The van der Waals surface area contributed by atoms with E-state index >= 15 is 0 Å². The summed E-state index contributed by atoms with van der Waals surface area (Å²) in [5.41, 5.74) is 0.293. The summed E-state index contributed by atoms with van der Waals surface area (Å²) in [6.07, 6.45) is 0.996. The number of nitrogens with zero attached hydrogens (tertiary/aromatic N) is 2. The van der Waals surface area contributed by atoms with Crippen LogP contribution in [0.4, 0.5) is 4.39 Å². The molecule has 0 N–H and O–H groups in total. The van der Waals surface area contributed by atoms with Gasteiger partial charge in [-0.25, -0.2) is 12.8 Å². The molecule has 0 aliphatic carbocycles. The van der Waals surface area contributed by atoms with Crippen LogP contribution in [0.25, 0.3) is 0 Å². The van der Waals surface area contributed by atoms with Crippen molar-refractivity contribution in [2.24, 2.45) is 5.92 Å². The Balaban J connectivity index is 1.62. The van der Waals surface area contributed by atoms with Gasteiger partial charge in [-0.15, -0.1) is 0 Å². The monoisotopic (exact) mass is 368 g/mol. The SMILES string of the molecule is O=C(c1cccc(F)c1)N1CCCN(C(=O)[C@H]2CCS(=O)(=O)C2)CC1. The number of carbonyl (C=O) groups excluding carboxylic acids is 2. The summed E-state index contributed by atoms with van der Waals surface area (Å²) in [6.45, 7) is 1.72. The Labute approximate surface area is 146 Å². The highest BCUT2D eigenvalue weighted by molar-refractivity contribution is 7.91. The number of halogens is 1. The Bertz CT molecular complexity index is 781. The molecule has 8 heteroatoms. The molecule has 1 aromatic rings. The van der Waals surface area contributed by atoms with Gasteiger partial charge in [-0.2, -0.15) is 0 Å². The fraction of sp³-hybridized carbons (Fsp3) is 0.529. The van der Waals surface area contributed by atoms with E-state index in [0.717, 1.165) is 0 Å². The van der Waals surface area contributed by atoms with Gasteiger partial charge in [-0.1, -0.05) is 6.07 Å². The maximum absolute atomic E-state index is 13.3. The van der Waals surface area contributed by atoms with E-state index in [2.05, 4.69) is 0 Å². The maximum atomic E-state index is 13.3. The minimum Gasteiger partial charge on any atom is -0.341 e. The molecule has 1 atom stereocenters. The zero-order chi connectivity index (χ0) is 18.0. The third-order valence-electron chi connectivity index (χ3n) is 4.75. The quantitative estimate of drug-likeness (QED) is 0.779. The Morgan fingerprint density at radius 1 is 1.08 bits per heavy atom. The van der Waals surface area contributed by atoms with Crippen molar-refractivity contribution in [2.45, 2.75) is 12.8 Å². The molecule has 0 saturated carbocycles. The van der Waals surface area contributed by atoms with Gasteiger partial charge in [-0.05, 0) is 31.0 Å². The van der Waals surface area contributed by atoms with Crippen LogP contribution in [-0.4, -0.2) is 67.7 Å². The number of rotatable bonds is 2. The van der Waals surface area contributed by atoms with E-state index in [0.29, 0.717) is 44.6 Å². The predicted molar refractivity (Wildman–Crippen MR) is 90.3 cm³/mol. The highest BCUT2D eigenvalue weighted by Crippen LogP contribution is 2.21. The molecular formula is C17H21FN2O4S. The van der Waals surface area contributed by atoms with E-state index in [1.54, 1.807) is 15.9 Å². The van der Waals surface area contributed by atoms with Crippen molar-refractivity contribution >= 4 is 21.7 Å². The number of amides is 2. The summed E-state index contributed by atoms with van der Waals surface area (Å²) in [5, 5.41) is 0. The number of hydrogen-bond acceptors (Lipinski definition) is 4. The number of benzene rings is 1. The largest absolute Gasteiger partial charge is 0.341 e. The Morgan fingerprint density at radius 2 is 1.80 bits per heavy atom. The van der Waals surface area contributed by atoms with Crippen molar-refractivity contribution in [3.8, 4) is 0 Å². The molecule has 136 valence electrons. The van der Waals surface area contributed by atoms with Gasteiger partial charge >= 0.3 is 0 Å². The summed E-state index contributed by atoms with van der Waals surface area (Å²) in [7, 11) is -3.10. The zero-order valence-electron chi connectivity index (χ0n) is 13.9. The number of sulfone groups is 1. The van der Waals surface area contributed by atoms with Gasteiger partial charge in [0.25, 0.3) is 5.91 Å². The summed E-state index contributed by atoms with van der Waals surface area (Å²) >= 11 is 0. The van der Waals surface area contributed by atoms with Gasteiger partial charge in [0.2, 0.25) is 5.91 Å². The lowest BCUT2D eigenvalue weighted by Crippen LogP contribution is -2.40. The lowest BCUT2D eigenvalue weighted by molar-refractivity contribution is -0.134.